The van der Waals surface area contributed by atoms with Gasteiger partial charge in [-0.1, -0.05) is 6.42 Å². The van der Waals surface area contributed by atoms with Gasteiger partial charge >= 0.3 is 0 Å². The van der Waals surface area contributed by atoms with Crippen LogP contribution in [0.2, 0.25) is 0 Å². The Labute approximate surface area is 104 Å². The number of halogens is 1. The number of imidazole rings is 1. The predicted octanol–water partition coefficient (Wildman–Crippen LogP) is 2.42. The average Bonchev–Trinajstić information content (AvgIpc) is 2.90. The maximum atomic E-state index is 14.1. The first-order valence-electron chi connectivity index (χ1n) is 6.11. The van der Waals surface area contributed by atoms with Crippen molar-refractivity contribution in [2.24, 2.45) is 0 Å². The summed E-state index contributed by atoms with van der Waals surface area (Å²) >= 11 is 1.58. The minimum Gasteiger partial charge on any atom is -0.311 e. The number of thiazole rings is 1. The van der Waals surface area contributed by atoms with Crippen molar-refractivity contribution in [3.05, 3.63) is 23.5 Å². The number of fused-ring (bicyclic) bond motifs is 1. The van der Waals surface area contributed by atoms with Gasteiger partial charge in [0.25, 0.3) is 0 Å². The van der Waals surface area contributed by atoms with Crippen LogP contribution in [-0.2, 0) is 6.42 Å². The van der Waals surface area contributed by atoms with Crippen LogP contribution >= 0.6 is 11.3 Å². The molecule has 92 valence electrons. The maximum Gasteiger partial charge on any atom is 0.193 e. The zero-order chi connectivity index (χ0) is 11.7. The molecule has 2 aromatic heterocycles. The Morgan fingerprint density at radius 1 is 1.59 bits per heavy atom. The lowest BCUT2D eigenvalue weighted by molar-refractivity contribution is 0.216. The summed E-state index contributed by atoms with van der Waals surface area (Å²) in [6.45, 7) is 0.948. The van der Waals surface area contributed by atoms with Gasteiger partial charge in [0.15, 0.2) is 4.96 Å². The molecular weight excluding hydrogens is 237 g/mol. The molecule has 17 heavy (non-hydrogen) atoms. The fraction of sp³-hybridized carbons (Fsp3) is 0.583. The minimum atomic E-state index is -0.820. The highest BCUT2D eigenvalue weighted by Crippen LogP contribution is 2.18. The first-order chi connectivity index (χ1) is 8.33. The van der Waals surface area contributed by atoms with Crippen LogP contribution in [0.25, 0.3) is 4.96 Å². The molecule has 1 fully saturated rings. The second-order valence-corrected chi connectivity index (χ2v) is 5.47. The molecule has 0 saturated carbocycles. The highest BCUT2D eigenvalue weighted by Gasteiger charge is 2.23. The standard InChI is InChI=1S/C12H16FN3S/c13-10(11-3-1-2-4-14-11)7-9-8-16-5-6-17-12(16)15-9/h5-6,8,10-11,14H,1-4,7H2. The lowest BCUT2D eigenvalue weighted by Crippen LogP contribution is -2.42. The molecule has 5 heteroatoms. The quantitative estimate of drug-likeness (QED) is 0.910. The molecule has 0 radical (unpaired) electrons. The molecule has 3 heterocycles. The molecule has 0 amide bonds. The van der Waals surface area contributed by atoms with E-state index in [4.69, 9.17) is 0 Å². The summed E-state index contributed by atoms with van der Waals surface area (Å²) in [5, 5.41) is 5.25. The third-order valence-corrected chi connectivity index (χ3v) is 4.10. The number of hydrogen-bond acceptors (Lipinski definition) is 3. The number of aromatic nitrogens is 2. The van der Waals surface area contributed by atoms with Crippen LogP contribution < -0.4 is 5.32 Å². The van der Waals surface area contributed by atoms with E-state index in [1.54, 1.807) is 11.3 Å². The fourth-order valence-electron chi connectivity index (χ4n) is 2.40. The van der Waals surface area contributed by atoms with E-state index in [0.717, 1.165) is 30.0 Å². The SMILES string of the molecule is FC(Cc1cn2ccsc2n1)C1CCCCN1. The van der Waals surface area contributed by atoms with Crippen molar-refractivity contribution < 1.29 is 4.39 Å². The smallest absolute Gasteiger partial charge is 0.193 e. The highest BCUT2D eigenvalue weighted by molar-refractivity contribution is 7.15. The molecule has 0 aromatic carbocycles. The second-order valence-electron chi connectivity index (χ2n) is 4.60. The Morgan fingerprint density at radius 2 is 2.53 bits per heavy atom. The van der Waals surface area contributed by atoms with Gasteiger partial charge < -0.3 is 5.32 Å². The number of hydrogen-bond donors (Lipinski definition) is 1. The fourth-order valence-corrected chi connectivity index (χ4v) is 3.12. The largest absolute Gasteiger partial charge is 0.311 e. The third-order valence-electron chi connectivity index (χ3n) is 3.33. The molecule has 3 rings (SSSR count). The van der Waals surface area contributed by atoms with Crippen molar-refractivity contribution in [2.45, 2.75) is 37.9 Å². The maximum absolute atomic E-state index is 14.1. The molecule has 2 atom stereocenters. The molecule has 1 saturated heterocycles. The lowest BCUT2D eigenvalue weighted by atomic mass is 9.98. The van der Waals surface area contributed by atoms with Crippen molar-refractivity contribution in [3.63, 3.8) is 0 Å². The van der Waals surface area contributed by atoms with Crippen LogP contribution in [0.1, 0.15) is 25.0 Å². The summed E-state index contributed by atoms with van der Waals surface area (Å²) < 4.78 is 16.1. The van der Waals surface area contributed by atoms with Gasteiger partial charge in [0.05, 0.1) is 5.69 Å². The normalized spacial score (nSPS) is 23.0. The van der Waals surface area contributed by atoms with Gasteiger partial charge in [-0.15, -0.1) is 11.3 Å². The second kappa shape index (κ2) is 4.74. The van der Waals surface area contributed by atoms with Crippen molar-refractivity contribution >= 4 is 16.3 Å². The minimum absolute atomic E-state index is 0.0171. The van der Waals surface area contributed by atoms with Crippen LogP contribution in [0.5, 0.6) is 0 Å². The van der Waals surface area contributed by atoms with Gasteiger partial charge in [0.2, 0.25) is 0 Å². The van der Waals surface area contributed by atoms with Crippen molar-refractivity contribution in [1.29, 1.82) is 0 Å². The molecule has 0 aliphatic carbocycles. The number of alkyl halides is 1. The van der Waals surface area contributed by atoms with E-state index in [-0.39, 0.29) is 6.04 Å². The summed E-state index contributed by atoms with van der Waals surface area (Å²) in [5.74, 6) is 0. The van der Waals surface area contributed by atoms with E-state index in [2.05, 4.69) is 10.3 Å². The summed E-state index contributed by atoms with van der Waals surface area (Å²) in [4.78, 5) is 5.37. The van der Waals surface area contributed by atoms with Gasteiger partial charge in [-0.2, -0.15) is 0 Å². The van der Waals surface area contributed by atoms with Gasteiger partial charge in [0, 0.05) is 30.2 Å². The van der Waals surface area contributed by atoms with E-state index in [0.29, 0.717) is 6.42 Å². The number of rotatable bonds is 3. The zero-order valence-corrected chi connectivity index (χ0v) is 10.4. The Bertz CT molecular complexity index is 458. The van der Waals surface area contributed by atoms with Crippen LogP contribution in [0.15, 0.2) is 17.8 Å². The number of nitrogens with zero attached hydrogens (tertiary/aromatic N) is 2. The van der Waals surface area contributed by atoms with Gasteiger partial charge in [-0.3, -0.25) is 4.40 Å². The van der Waals surface area contributed by atoms with E-state index < -0.39 is 6.17 Å². The Kier molecular flexibility index (Phi) is 3.11. The monoisotopic (exact) mass is 253 g/mol. The molecular formula is C12H16FN3S. The third kappa shape index (κ3) is 2.35. The summed E-state index contributed by atoms with van der Waals surface area (Å²) in [7, 11) is 0. The molecule has 1 aliphatic rings. The molecule has 3 nitrogen and oxygen atoms in total. The molecule has 2 aromatic rings. The molecule has 0 bridgehead atoms. The Balaban J connectivity index is 1.67. The van der Waals surface area contributed by atoms with Crippen LogP contribution in [0.3, 0.4) is 0 Å². The van der Waals surface area contributed by atoms with E-state index in [1.807, 2.05) is 22.2 Å². The first kappa shape index (κ1) is 11.2. The van der Waals surface area contributed by atoms with E-state index in [9.17, 15) is 4.39 Å². The predicted molar refractivity (Wildman–Crippen MR) is 67.3 cm³/mol. The van der Waals surface area contributed by atoms with Crippen LogP contribution in [0, 0.1) is 0 Å². The van der Waals surface area contributed by atoms with E-state index in [1.165, 1.54) is 6.42 Å². The zero-order valence-electron chi connectivity index (χ0n) is 9.60. The summed E-state index contributed by atoms with van der Waals surface area (Å²) in [6.07, 6.45) is 6.75. The van der Waals surface area contributed by atoms with Crippen molar-refractivity contribution in [2.75, 3.05) is 6.54 Å². The van der Waals surface area contributed by atoms with Crippen LogP contribution in [-0.4, -0.2) is 28.1 Å². The molecule has 0 spiro atoms. The van der Waals surface area contributed by atoms with Crippen LogP contribution in [0.4, 0.5) is 4.39 Å². The van der Waals surface area contributed by atoms with Gasteiger partial charge in [-0.25, -0.2) is 9.37 Å². The summed E-state index contributed by atoms with van der Waals surface area (Å²) in [5.41, 5.74) is 0.858. The Hall–Kier alpha value is -0.940. The average molecular weight is 253 g/mol. The van der Waals surface area contributed by atoms with Crippen molar-refractivity contribution in [3.8, 4) is 0 Å². The first-order valence-corrected chi connectivity index (χ1v) is 6.99. The molecule has 2 unspecified atom stereocenters. The Morgan fingerprint density at radius 3 is 3.29 bits per heavy atom. The lowest BCUT2D eigenvalue weighted by Gasteiger charge is -2.26. The van der Waals surface area contributed by atoms with Gasteiger partial charge in [-0.05, 0) is 19.4 Å². The molecule has 1 aliphatic heterocycles. The number of nitrogens with one attached hydrogen (secondary N) is 1. The van der Waals surface area contributed by atoms with E-state index >= 15 is 0 Å². The number of piperidine rings is 1. The van der Waals surface area contributed by atoms with Crippen molar-refractivity contribution in [1.82, 2.24) is 14.7 Å². The summed E-state index contributed by atoms with van der Waals surface area (Å²) in [6, 6.07) is 0.0171. The molecule has 1 N–H and O–H groups in total. The van der Waals surface area contributed by atoms with Gasteiger partial charge in [0.1, 0.15) is 6.17 Å². The highest BCUT2D eigenvalue weighted by atomic mass is 32.1. The topological polar surface area (TPSA) is 29.3 Å².